The van der Waals surface area contributed by atoms with Gasteiger partial charge in [0, 0.05) is 29.1 Å². The summed E-state index contributed by atoms with van der Waals surface area (Å²) in [7, 11) is 0. The molecule has 5 nitrogen and oxygen atoms in total. The molecule has 0 saturated carbocycles. The molecule has 0 saturated heterocycles. The molecule has 0 spiro atoms. The number of nitrogens with one attached hydrogen (secondary N) is 1. The molecule has 0 aliphatic carbocycles. The Labute approximate surface area is 196 Å². The molecule has 1 aliphatic heterocycles. The number of hydrogen-bond acceptors (Lipinski definition) is 4. The number of nitrogen functional groups attached to an aromatic ring is 1. The van der Waals surface area contributed by atoms with Gasteiger partial charge >= 0.3 is 0 Å². The maximum atomic E-state index is 13.5. The highest BCUT2D eigenvalue weighted by molar-refractivity contribution is 8.00. The average molecular weight is 453 g/mol. The zero-order valence-electron chi connectivity index (χ0n) is 19.7. The number of amides is 1. The quantitative estimate of drug-likeness (QED) is 0.286. The third kappa shape index (κ3) is 5.73. The summed E-state index contributed by atoms with van der Waals surface area (Å²) < 4.78 is 0. The summed E-state index contributed by atoms with van der Waals surface area (Å²) in [5, 5.41) is 7.42. The van der Waals surface area contributed by atoms with Gasteiger partial charge in [-0.25, -0.2) is 0 Å². The highest BCUT2D eigenvalue weighted by Crippen LogP contribution is 2.46. The van der Waals surface area contributed by atoms with Crippen molar-refractivity contribution in [1.82, 2.24) is 4.90 Å². The molecule has 3 N–H and O–H groups in total. The van der Waals surface area contributed by atoms with Crippen LogP contribution in [-0.2, 0) is 4.79 Å². The Balaban J connectivity index is 1.70. The van der Waals surface area contributed by atoms with Crippen LogP contribution in [0.4, 0.5) is 5.69 Å². The number of carbonyl (C=O) groups excluding carboxylic acids is 1. The lowest BCUT2D eigenvalue weighted by Gasteiger charge is -2.34. The zero-order chi connectivity index (χ0) is 23.3. The van der Waals surface area contributed by atoms with Crippen molar-refractivity contribution < 1.29 is 4.79 Å². The second-order valence-corrected chi connectivity index (χ2v) is 10.1. The smallest absolute Gasteiger partial charge is 0.245 e. The Morgan fingerprint density at radius 2 is 1.78 bits per heavy atom. The van der Waals surface area contributed by atoms with Crippen LogP contribution in [0.25, 0.3) is 0 Å². The molecule has 3 rings (SSSR count). The van der Waals surface area contributed by atoms with Gasteiger partial charge in [0.25, 0.3) is 0 Å². The van der Waals surface area contributed by atoms with Gasteiger partial charge in [-0.05, 0) is 70.8 Å². The molecule has 0 radical (unpaired) electrons. The molecule has 6 heteroatoms. The normalized spacial score (nSPS) is 16.2. The van der Waals surface area contributed by atoms with E-state index in [0.717, 1.165) is 48.5 Å². The number of nitrogens with two attached hydrogens (primary N) is 1. The fourth-order valence-corrected chi connectivity index (χ4v) is 5.60. The number of unbranched alkanes of at least 4 members (excludes halogenated alkanes) is 2. The van der Waals surface area contributed by atoms with Crippen molar-refractivity contribution in [3.8, 4) is 0 Å². The van der Waals surface area contributed by atoms with Crippen LogP contribution in [0.3, 0.4) is 0 Å². The summed E-state index contributed by atoms with van der Waals surface area (Å²) in [6.07, 6.45) is 3.22. The lowest BCUT2D eigenvalue weighted by molar-refractivity contribution is -0.118. The summed E-state index contributed by atoms with van der Waals surface area (Å²) in [5.74, 6) is 0.134. The number of fused-ring (bicyclic) bond motifs is 1. The Morgan fingerprint density at radius 1 is 1.06 bits per heavy atom. The van der Waals surface area contributed by atoms with E-state index in [2.05, 4.69) is 38.7 Å². The Hall–Kier alpha value is -2.31. The van der Waals surface area contributed by atoms with Gasteiger partial charge in [-0.1, -0.05) is 36.8 Å². The minimum absolute atomic E-state index is 0.0224. The summed E-state index contributed by atoms with van der Waals surface area (Å²) >= 11 is 1.59. The van der Waals surface area contributed by atoms with Gasteiger partial charge in [-0.15, -0.1) is 11.8 Å². The number of hydrogen-bond donors (Lipinski definition) is 2. The molecule has 172 valence electrons. The predicted molar refractivity (Wildman–Crippen MR) is 136 cm³/mol. The summed E-state index contributed by atoms with van der Waals surface area (Å²) in [4.78, 5) is 19.1. The van der Waals surface area contributed by atoms with Gasteiger partial charge in [-0.2, -0.15) is 0 Å². The number of amidine groups is 1. The lowest BCUT2D eigenvalue weighted by atomic mass is 10.1. The first-order valence-corrected chi connectivity index (χ1v) is 12.4. The highest BCUT2D eigenvalue weighted by atomic mass is 32.2. The number of benzene rings is 2. The standard InChI is InChI=1S/C26H36N4OS/c1-18(2)29(19(3)4)15-8-5-9-16-30-22-13-6-7-14-23(22)32-24(26(30)31)20-11-10-12-21(17-20)25(27)28/h6-7,10-14,17-19,24H,5,8-9,15-16H2,1-4H3,(H3,27,28). The Bertz CT molecular complexity index is 935. The van der Waals surface area contributed by atoms with E-state index in [4.69, 9.17) is 11.1 Å². The maximum absolute atomic E-state index is 13.5. The van der Waals surface area contributed by atoms with Crippen molar-refractivity contribution in [2.45, 2.75) is 69.2 Å². The SMILES string of the molecule is CC(C)N(CCCCCN1C(=O)C(c2cccc(C(=N)N)c2)Sc2ccccc21)C(C)C. The van der Waals surface area contributed by atoms with Crippen LogP contribution in [-0.4, -0.2) is 41.8 Å². The van der Waals surface area contributed by atoms with Crippen LogP contribution in [0.5, 0.6) is 0 Å². The van der Waals surface area contributed by atoms with Crippen LogP contribution in [0, 0.1) is 5.41 Å². The fraction of sp³-hybridized carbons (Fsp3) is 0.462. The summed E-state index contributed by atoms with van der Waals surface area (Å²) in [6.45, 7) is 10.8. The number of anilines is 1. The van der Waals surface area contributed by atoms with Crippen LogP contribution in [0.15, 0.2) is 53.4 Å². The van der Waals surface area contributed by atoms with Crippen molar-refractivity contribution in [1.29, 1.82) is 5.41 Å². The molecule has 1 unspecified atom stereocenters. The van der Waals surface area contributed by atoms with E-state index in [9.17, 15) is 4.79 Å². The van der Waals surface area contributed by atoms with Gasteiger partial charge in [0.1, 0.15) is 11.1 Å². The maximum Gasteiger partial charge on any atom is 0.245 e. The van der Waals surface area contributed by atoms with Gasteiger partial charge in [0.2, 0.25) is 5.91 Å². The molecule has 0 aromatic heterocycles. The average Bonchev–Trinajstić information content (AvgIpc) is 2.76. The van der Waals surface area contributed by atoms with Crippen molar-refractivity contribution in [2.24, 2.45) is 5.73 Å². The topological polar surface area (TPSA) is 73.4 Å². The molecule has 2 aromatic rings. The molecular formula is C26H36N4OS. The number of carbonyl (C=O) groups is 1. The molecule has 1 aliphatic rings. The van der Waals surface area contributed by atoms with E-state index in [1.165, 1.54) is 0 Å². The van der Waals surface area contributed by atoms with Crippen LogP contribution in [0.2, 0.25) is 0 Å². The first-order valence-electron chi connectivity index (χ1n) is 11.6. The van der Waals surface area contributed by atoms with E-state index < -0.39 is 0 Å². The fourth-order valence-electron chi connectivity index (χ4n) is 4.38. The van der Waals surface area contributed by atoms with E-state index in [-0.39, 0.29) is 17.0 Å². The first kappa shape index (κ1) is 24.3. The number of rotatable bonds is 10. The largest absolute Gasteiger partial charge is 0.384 e. The van der Waals surface area contributed by atoms with Crippen LogP contribution < -0.4 is 10.6 Å². The molecule has 32 heavy (non-hydrogen) atoms. The second-order valence-electron chi connectivity index (χ2n) is 8.98. The Kier molecular flexibility index (Phi) is 8.38. The number of thioether (sulfide) groups is 1. The first-order chi connectivity index (χ1) is 15.3. The van der Waals surface area contributed by atoms with Gasteiger partial charge in [0.15, 0.2) is 0 Å². The molecule has 0 bridgehead atoms. The second kappa shape index (κ2) is 11.0. The number of para-hydroxylation sites is 1. The van der Waals surface area contributed by atoms with E-state index in [1.807, 2.05) is 47.4 Å². The molecule has 0 fully saturated rings. The summed E-state index contributed by atoms with van der Waals surface area (Å²) in [5.41, 5.74) is 8.24. The monoisotopic (exact) mass is 452 g/mol. The molecule has 1 atom stereocenters. The van der Waals surface area contributed by atoms with Crippen LogP contribution in [0.1, 0.15) is 63.3 Å². The highest BCUT2D eigenvalue weighted by Gasteiger charge is 2.34. The Morgan fingerprint density at radius 3 is 2.47 bits per heavy atom. The minimum atomic E-state index is -0.318. The third-order valence-electron chi connectivity index (χ3n) is 6.02. The molecule has 1 amide bonds. The van der Waals surface area contributed by atoms with Crippen molar-refractivity contribution in [2.75, 3.05) is 18.0 Å². The summed E-state index contributed by atoms with van der Waals surface area (Å²) in [6, 6.07) is 16.8. The van der Waals surface area contributed by atoms with E-state index >= 15 is 0 Å². The van der Waals surface area contributed by atoms with Gasteiger partial charge in [0.05, 0.1) is 5.69 Å². The predicted octanol–water partition coefficient (Wildman–Crippen LogP) is 5.44. The van der Waals surface area contributed by atoms with Crippen LogP contribution >= 0.6 is 11.8 Å². The van der Waals surface area contributed by atoms with E-state index in [0.29, 0.717) is 17.6 Å². The number of nitrogens with zero attached hydrogens (tertiary/aromatic N) is 2. The molecular weight excluding hydrogens is 416 g/mol. The van der Waals surface area contributed by atoms with Crippen molar-refractivity contribution in [3.05, 3.63) is 59.7 Å². The minimum Gasteiger partial charge on any atom is -0.384 e. The van der Waals surface area contributed by atoms with Crippen molar-refractivity contribution >= 4 is 29.2 Å². The third-order valence-corrected chi connectivity index (χ3v) is 7.32. The lowest BCUT2D eigenvalue weighted by Crippen LogP contribution is -2.38. The molecule has 1 heterocycles. The van der Waals surface area contributed by atoms with Crippen molar-refractivity contribution in [3.63, 3.8) is 0 Å². The zero-order valence-corrected chi connectivity index (χ0v) is 20.5. The molecule has 2 aromatic carbocycles. The van der Waals surface area contributed by atoms with E-state index in [1.54, 1.807) is 11.8 Å². The van der Waals surface area contributed by atoms with Gasteiger partial charge in [-0.3, -0.25) is 15.1 Å². The van der Waals surface area contributed by atoms with Gasteiger partial charge < -0.3 is 10.6 Å².